The summed E-state index contributed by atoms with van der Waals surface area (Å²) in [5, 5.41) is 3.01. The summed E-state index contributed by atoms with van der Waals surface area (Å²) in [6, 6.07) is 9.47. The Kier molecular flexibility index (Phi) is 5.25. The molecule has 1 aromatic carbocycles. The van der Waals surface area contributed by atoms with E-state index in [1.807, 2.05) is 30.3 Å². The SMILES string of the molecule is CC(Oc1ccccc1)C(=O)NCC1CCCCC1. The van der Waals surface area contributed by atoms with Crippen molar-refractivity contribution < 1.29 is 9.53 Å². The van der Waals surface area contributed by atoms with Gasteiger partial charge in [-0.05, 0) is 37.8 Å². The number of rotatable bonds is 5. The first kappa shape index (κ1) is 13.9. The van der Waals surface area contributed by atoms with Crippen LogP contribution in [-0.4, -0.2) is 18.6 Å². The topological polar surface area (TPSA) is 38.3 Å². The van der Waals surface area contributed by atoms with E-state index in [0.29, 0.717) is 5.92 Å². The lowest BCUT2D eigenvalue weighted by Gasteiger charge is -2.22. The van der Waals surface area contributed by atoms with Crippen LogP contribution in [0.3, 0.4) is 0 Å². The maximum atomic E-state index is 12.0. The molecule has 1 aliphatic rings. The summed E-state index contributed by atoms with van der Waals surface area (Å²) in [6.07, 6.45) is 6.00. The minimum Gasteiger partial charge on any atom is -0.481 e. The number of nitrogens with one attached hydrogen (secondary N) is 1. The zero-order valence-electron chi connectivity index (χ0n) is 11.6. The summed E-state index contributed by atoms with van der Waals surface area (Å²) in [5.74, 6) is 1.37. The molecule has 0 bridgehead atoms. The van der Waals surface area contributed by atoms with Crippen molar-refractivity contribution in [2.24, 2.45) is 5.92 Å². The molecule has 19 heavy (non-hydrogen) atoms. The van der Waals surface area contributed by atoms with Crippen molar-refractivity contribution in [1.29, 1.82) is 0 Å². The van der Waals surface area contributed by atoms with E-state index in [0.717, 1.165) is 12.3 Å². The zero-order valence-corrected chi connectivity index (χ0v) is 11.6. The van der Waals surface area contributed by atoms with Crippen LogP contribution in [0.25, 0.3) is 0 Å². The standard InChI is InChI=1S/C16H23NO2/c1-13(19-15-10-6-3-7-11-15)16(18)17-12-14-8-4-2-5-9-14/h3,6-7,10-11,13-14H,2,4-5,8-9,12H2,1H3,(H,17,18). The molecular formula is C16H23NO2. The highest BCUT2D eigenvalue weighted by Gasteiger charge is 2.18. The first-order valence-corrected chi connectivity index (χ1v) is 7.25. The Morgan fingerprint density at radius 2 is 1.95 bits per heavy atom. The highest BCUT2D eigenvalue weighted by atomic mass is 16.5. The molecule has 0 aromatic heterocycles. The first-order valence-electron chi connectivity index (χ1n) is 7.25. The molecule has 0 saturated heterocycles. The minimum absolute atomic E-state index is 0.0190. The molecule has 3 nitrogen and oxygen atoms in total. The molecule has 0 radical (unpaired) electrons. The van der Waals surface area contributed by atoms with E-state index in [2.05, 4.69) is 5.32 Å². The Morgan fingerprint density at radius 1 is 1.26 bits per heavy atom. The zero-order chi connectivity index (χ0) is 13.5. The summed E-state index contributed by atoms with van der Waals surface area (Å²) < 4.78 is 5.60. The molecule has 0 spiro atoms. The summed E-state index contributed by atoms with van der Waals surface area (Å²) in [6.45, 7) is 2.59. The fraction of sp³-hybridized carbons (Fsp3) is 0.562. The van der Waals surface area contributed by atoms with Crippen LogP contribution in [0.1, 0.15) is 39.0 Å². The van der Waals surface area contributed by atoms with E-state index in [1.165, 1.54) is 32.1 Å². The van der Waals surface area contributed by atoms with E-state index in [1.54, 1.807) is 6.92 Å². The second kappa shape index (κ2) is 7.17. The predicted octanol–water partition coefficient (Wildman–Crippen LogP) is 3.15. The number of benzene rings is 1. The van der Waals surface area contributed by atoms with Gasteiger partial charge in [-0.1, -0.05) is 37.5 Å². The summed E-state index contributed by atoms with van der Waals surface area (Å²) in [5.41, 5.74) is 0. The van der Waals surface area contributed by atoms with E-state index < -0.39 is 6.10 Å². The van der Waals surface area contributed by atoms with Gasteiger partial charge in [0.05, 0.1) is 0 Å². The summed E-state index contributed by atoms with van der Waals surface area (Å²) in [4.78, 5) is 12.0. The van der Waals surface area contributed by atoms with Crippen LogP contribution in [0.15, 0.2) is 30.3 Å². The van der Waals surface area contributed by atoms with Gasteiger partial charge >= 0.3 is 0 Å². The minimum atomic E-state index is -0.439. The van der Waals surface area contributed by atoms with E-state index >= 15 is 0 Å². The van der Waals surface area contributed by atoms with Crippen molar-refractivity contribution in [2.75, 3.05) is 6.54 Å². The Morgan fingerprint density at radius 3 is 2.63 bits per heavy atom. The van der Waals surface area contributed by atoms with Crippen molar-refractivity contribution in [2.45, 2.75) is 45.1 Å². The molecule has 1 unspecified atom stereocenters. The Hall–Kier alpha value is -1.51. The average molecular weight is 261 g/mol. The van der Waals surface area contributed by atoms with E-state index in [4.69, 9.17) is 4.74 Å². The van der Waals surface area contributed by atoms with Crippen LogP contribution in [-0.2, 0) is 4.79 Å². The van der Waals surface area contributed by atoms with Crippen molar-refractivity contribution in [3.05, 3.63) is 30.3 Å². The van der Waals surface area contributed by atoms with E-state index in [9.17, 15) is 4.79 Å². The van der Waals surface area contributed by atoms with Crippen molar-refractivity contribution in [3.8, 4) is 5.75 Å². The monoisotopic (exact) mass is 261 g/mol. The lowest BCUT2D eigenvalue weighted by atomic mass is 9.89. The van der Waals surface area contributed by atoms with Gasteiger partial charge in [-0.15, -0.1) is 0 Å². The lowest BCUT2D eigenvalue weighted by Crippen LogP contribution is -2.39. The van der Waals surface area contributed by atoms with Gasteiger partial charge < -0.3 is 10.1 Å². The van der Waals surface area contributed by atoms with Crippen LogP contribution >= 0.6 is 0 Å². The van der Waals surface area contributed by atoms with Crippen LogP contribution in [0.4, 0.5) is 0 Å². The van der Waals surface area contributed by atoms with Gasteiger partial charge in [0.2, 0.25) is 0 Å². The Balaban J connectivity index is 1.73. The third kappa shape index (κ3) is 4.58. The van der Waals surface area contributed by atoms with Gasteiger partial charge in [-0.25, -0.2) is 0 Å². The molecule has 0 heterocycles. The van der Waals surface area contributed by atoms with E-state index in [-0.39, 0.29) is 5.91 Å². The highest BCUT2D eigenvalue weighted by Crippen LogP contribution is 2.22. The fourth-order valence-corrected chi connectivity index (χ4v) is 2.54. The number of carbonyl (C=O) groups excluding carboxylic acids is 1. The van der Waals surface area contributed by atoms with Gasteiger partial charge in [0.1, 0.15) is 5.75 Å². The summed E-state index contributed by atoms with van der Waals surface area (Å²) in [7, 11) is 0. The molecule has 2 rings (SSSR count). The van der Waals surface area contributed by atoms with Gasteiger partial charge in [-0.2, -0.15) is 0 Å². The summed E-state index contributed by atoms with van der Waals surface area (Å²) >= 11 is 0. The van der Waals surface area contributed by atoms with Crippen molar-refractivity contribution >= 4 is 5.91 Å². The highest BCUT2D eigenvalue weighted by molar-refractivity contribution is 5.80. The Labute approximate surface area is 115 Å². The molecule has 1 fully saturated rings. The molecule has 1 N–H and O–H groups in total. The van der Waals surface area contributed by atoms with Crippen LogP contribution < -0.4 is 10.1 Å². The second-order valence-corrected chi connectivity index (χ2v) is 5.32. The number of amides is 1. The van der Waals surface area contributed by atoms with Gasteiger partial charge in [0, 0.05) is 6.54 Å². The van der Waals surface area contributed by atoms with Crippen molar-refractivity contribution in [3.63, 3.8) is 0 Å². The second-order valence-electron chi connectivity index (χ2n) is 5.32. The molecule has 1 atom stereocenters. The predicted molar refractivity (Wildman–Crippen MR) is 76.1 cm³/mol. The molecule has 1 amide bonds. The third-order valence-electron chi connectivity index (χ3n) is 3.72. The lowest BCUT2D eigenvalue weighted by molar-refractivity contribution is -0.127. The van der Waals surface area contributed by atoms with Crippen LogP contribution in [0.2, 0.25) is 0 Å². The number of para-hydroxylation sites is 1. The van der Waals surface area contributed by atoms with Crippen molar-refractivity contribution in [1.82, 2.24) is 5.32 Å². The molecular weight excluding hydrogens is 238 g/mol. The normalized spacial score (nSPS) is 17.7. The number of hydrogen-bond donors (Lipinski definition) is 1. The fourth-order valence-electron chi connectivity index (χ4n) is 2.54. The maximum absolute atomic E-state index is 12.0. The smallest absolute Gasteiger partial charge is 0.260 e. The number of ether oxygens (including phenoxy) is 1. The first-order chi connectivity index (χ1) is 9.25. The van der Waals surface area contributed by atoms with Crippen LogP contribution in [0, 0.1) is 5.92 Å². The van der Waals surface area contributed by atoms with Gasteiger partial charge in [0.25, 0.3) is 5.91 Å². The number of carbonyl (C=O) groups is 1. The molecule has 1 aliphatic carbocycles. The maximum Gasteiger partial charge on any atom is 0.260 e. The van der Waals surface area contributed by atoms with Gasteiger partial charge in [0.15, 0.2) is 6.10 Å². The van der Waals surface area contributed by atoms with Gasteiger partial charge in [-0.3, -0.25) is 4.79 Å². The average Bonchev–Trinajstić information content (AvgIpc) is 2.47. The van der Waals surface area contributed by atoms with Crippen LogP contribution in [0.5, 0.6) is 5.75 Å². The molecule has 1 aromatic rings. The molecule has 1 saturated carbocycles. The quantitative estimate of drug-likeness (QED) is 0.884. The molecule has 104 valence electrons. The third-order valence-corrected chi connectivity index (χ3v) is 3.72. The number of hydrogen-bond acceptors (Lipinski definition) is 2. The molecule has 0 aliphatic heterocycles. The largest absolute Gasteiger partial charge is 0.481 e. The molecule has 3 heteroatoms. The Bertz CT molecular complexity index is 385.